The minimum Gasteiger partial charge on any atom is -0.493 e. The van der Waals surface area contributed by atoms with Gasteiger partial charge in [-0.1, -0.05) is 29.1 Å². The van der Waals surface area contributed by atoms with Gasteiger partial charge in [0.1, 0.15) is 11.5 Å². The molecule has 130 valence electrons. The van der Waals surface area contributed by atoms with E-state index in [1.54, 1.807) is 13.0 Å². The van der Waals surface area contributed by atoms with E-state index in [4.69, 9.17) is 13.7 Å². The first kappa shape index (κ1) is 17.0. The van der Waals surface area contributed by atoms with E-state index in [1.165, 1.54) is 0 Å². The number of carbonyl (C=O) groups excluding carboxylic acids is 1. The second-order valence-electron chi connectivity index (χ2n) is 4.96. The van der Waals surface area contributed by atoms with Crippen LogP contribution in [0, 0.1) is 6.92 Å². The lowest BCUT2D eigenvalue weighted by atomic mass is 10.2. The zero-order valence-electron chi connectivity index (χ0n) is 13.7. The second-order valence-corrected chi connectivity index (χ2v) is 5.89. The Morgan fingerprint density at radius 2 is 2.16 bits per heavy atom. The average molecular weight is 360 g/mol. The molecule has 1 amide bonds. The lowest BCUT2D eigenvalue weighted by Gasteiger charge is -2.06. The number of hydrogen-bond acceptors (Lipinski definition) is 8. The molecule has 1 aromatic carbocycles. The largest absolute Gasteiger partial charge is 0.493 e. The Labute approximate surface area is 147 Å². The van der Waals surface area contributed by atoms with Crippen molar-refractivity contribution in [2.75, 3.05) is 17.7 Å². The fourth-order valence-electron chi connectivity index (χ4n) is 2.03. The van der Waals surface area contributed by atoms with Gasteiger partial charge in [-0.15, -0.1) is 10.2 Å². The van der Waals surface area contributed by atoms with Crippen LogP contribution in [0.4, 0.5) is 5.82 Å². The van der Waals surface area contributed by atoms with Crippen LogP contribution in [0.25, 0.3) is 11.5 Å². The third kappa shape index (κ3) is 4.38. The molecule has 0 aliphatic heterocycles. The van der Waals surface area contributed by atoms with Gasteiger partial charge in [0.15, 0.2) is 5.82 Å². The molecule has 3 rings (SSSR count). The highest BCUT2D eigenvalue weighted by Gasteiger charge is 2.15. The van der Waals surface area contributed by atoms with Gasteiger partial charge in [0.25, 0.3) is 11.1 Å². The maximum Gasteiger partial charge on any atom is 0.277 e. The Balaban J connectivity index is 1.61. The molecule has 2 heterocycles. The third-order valence-corrected chi connectivity index (χ3v) is 3.86. The smallest absolute Gasteiger partial charge is 0.277 e. The van der Waals surface area contributed by atoms with Crippen molar-refractivity contribution in [3.63, 3.8) is 0 Å². The summed E-state index contributed by atoms with van der Waals surface area (Å²) in [5.41, 5.74) is 0.714. The lowest BCUT2D eigenvalue weighted by Crippen LogP contribution is -2.14. The number of carbonyl (C=O) groups is 1. The van der Waals surface area contributed by atoms with Crippen molar-refractivity contribution in [1.82, 2.24) is 15.4 Å². The topological polar surface area (TPSA) is 103 Å². The van der Waals surface area contributed by atoms with E-state index >= 15 is 0 Å². The van der Waals surface area contributed by atoms with Crippen molar-refractivity contribution in [2.24, 2.45) is 0 Å². The van der Waals surface area contributed by atoms with Crippen LogP contribution >= 0.6 is 11.8 Å². The van der Waals surface area contributed by atoms with Crippen LogP contribution in [0.15, 0.2) is 44.5 Å². The van der Waals surface area contributed by atoms with Gasteiger partial charge in [0.2, 0.25) is 5.91 Å². The number of ether oxygens (including phenoxy) is 1. The summed E-state index contributed by atoms with van der Waals surface area (Å²) in [5.74, 6) is 1.88. The number of aryl methyl sites for hydroxylation is 1. The van der Waals surface area contributed by atoms with Crippen LogP contribution in [0.3, 0.4) is 0 Å². The Hall–Kier alpha value is -2.81. The number of amides is 1. The molecule has 8 nitrogen and oxygen atoms in total. The molecular formula is C16H16N4O4S. The summed E-state index contributed by atoms with van der Waals surface area (Å²) in [6, 6.07) is 9.05. The molecule has 0 spiro atoms. The maximum absolute atomic E-state index is 11.9. The number of aromatic nitrogens is 3. The summed E-state index contributed by atoms with van der Waals surface area (Å²) in [5, 5.41) is 14.6. The predicted octanol–water partition coefficient (Wildman–Crippen LogP) is 3.16. The SMILES string of the molecule is CCOc1ccccc1-c1nnc(SCC(=O)Nc2cc(C)on2)o1. The molecule has 0 unspecified atom stereocenters. The number of anilines is 1. The molecule has 3 aromatic rings. The summed E-state index contributed by atoms with van der Waals surface area (Å²) in [7, 11) is 0. The summed E-state index contributed by atoms with van der Waals surface area (Å²) in [4.78, 5) is 11.9. The van der Waals surface area contributed by atoms with Crippen molar-refractivity contribution in [3.05, 3.63) is 36.1 Å². The fourth-order valence-corrected chi connectivity index (χ4v) is 2.60. The van der Waals surface area contributed by atoms with Crippen molar-refractivity contribution in [3.8, 4) is 17.2 Å². The van der Waals surface area contributed by atoms with Crippen molar-refractivity contribution in [1.29, 1.82) is 0 Å². The fraction of sp³-hybridized carbons (Fsp3) is 0.250. The Morgan fingerprint density at radius 1 is 1.32 bits per heavy atom. The third-order valence-electron chi connectivity index (χ3n) is 3.05. The standard InChI is InChI=1S/C16H16N4O4S/c1-3-22-12-7-5-4-6-11(12)15-18-19-16(23-15)25-9-14(21)17-13-8-10(2)24-20-13/h4-8H,3,9H2,1-2H3,(H,17,20,21). The highest BCUT2D eigenvalue weighted by atomic mass is 32.2. The van der Waals surface area contributed by atoms with Crippen LogP contribution < -0.4 is 10.1 Å². The average Bonchev–Trinajstić information content (AvgIpc) is 3.23. The molecule has 0 aliphatic rings. The lowest BCUT2D eigenvalue weighted by molar-refractivity contribution is -0.113. The highest BCUT2D eigenvalue weighted by molar-refractivity contribution is 7.99. The molecular weight excluding hydrogens is 344 g/mol. The van der Waals surface area contributed by atoms with Crippen LogP contribution in [0.1, 0.15) is 12.7 Å². The minimum atomic E-state index is -0.243. The minimum absolute atomic E-state index is 0.112. The van der Waals surface area contributed by atoms with Gasteiger partial charge in [0, 0.05) is 6.07 Å². The first-order valence-corrected chi connectivity index (χ1v) is 8.56. The van der Waals surface area contributed by atoms with Gasteiger partial charge in [-0.25, -0.2) is 0 Å². The molecule has 0 saturated heterocycles. The van der Waals surface area contributed by atoms with E-state index in [-0.39, 0.29) is 11.7 Å². The predicted molar refractivity (Wildman–Crippen MR) is 91.5 cm³/mol. The molecule has 9 heteroatoms. The normalized spacial score (nSPS) is 10.6. The number of thioether (sulfide) groups is 1. The Kier molecular flexibility index (Phi) is 5.34. The zero-order valence-corrected chi connectivity index (χ0v) is 14.5. The van der Waals surface area contributed by atoms with Gasteiger partial charge >= 0.3 is 0 Å². The molecule has 25 heavy (non-hydrogen) atoms. The highest BCUT2D eigenvalue weighted by Crippen LogP contribution is 2.30. The molecule has 0 radical (unpaired) electrons. The number of rotatable bonds is 7. The van der Waals surface area contributed by atoms with E-state index in [0.29, 0.717) is 40.6 Å². The van der Waals surface area contributed by atoms with Crippen molar-refractivity contribution in [2.45, 2.75) is 19.1 Å². The van der Waals surface area contributed by atoms with E-state index in [0.717, 1.165) is 11.8 Å². The molecule has 0 fully saturated rings. The van der Waals surface area contributed by atoms with Gasteiger partial charge in [0.05, 0.1) is 17.9 Å². The number of para-hydroxylation sites is 1. The second kappa shape index (κ2) is 7.84. The van der Waals surface area contributed by atoms with E-state index in [9.17, 15) is 4.79 Å². The molecule has 1 N–H and O–H groups in total. The van der Waals surface area contributed by atoms with Crippen molar-refractivity contribution >= 4 is 23.5 Å². The Bertz CT molecular complexity index is 861. The molecule has 2 aromatic heterocycles. The van der Waals surface area contributed by atoms with E-state index in [2.05, 4.69) is 20.7 Å². The van der Waals surface area contributed by atoms with E-state index < -0.39 is 0 Å². The van der Waals surface area contributed by atoms with Crippen LogP contribution in [0.5, 0.6) is 5.75 Å². The van der Waals surface area contributed by atoms with Crippen LogP contribution in [-0.4, -0.2) is 33.6 Å². The van der Waals surface area contributed by atoms with Gasteiger partial charge in [-0.3, -0.25) is 4.79 Å². The van der Waals surface area contributed by atoms with Gasteiger partial charge < -0.3 is 19.0 Å². The maximum atomic E-state index is 11.9. The first-order valence-electron chi connectivity index (χ1n) is 7.57. The molecule has 0 atom stereocenters. The number of benzene rings is 1. The number of nitrogens with zero attached hydrogens (tertiary/aromatic N) is 3. The monoisotopic (exact) mass is 360 g/mol. The van der Waals surface area contributed by atoms with Crippen LogP contribution in [-0.2, 0) is 4.79 Å². The van der Waals surface area contributed by atoms with Crippen molar-refractivity contribution < 1.29 is 18.5 Å². The summed E-state index contributed by atoms with van der Waals surface area (Å²) >= 11 is 1.14. The first-order chi connectivity index (χ1) is 12.2. The van der Waals surface area contributed by atoms with Crippen LogP contribution in [0.2, 0.25) is 0 Å². The Morgan fingerprint density at radius 3 is 2.92 bits per heavy atom. The zero-order chi connectivity index (χ0) is 17.6. The summed E-state index contributed by atoms with van der Waals surface area (Å²) < 4.78 is 16.0. The quantitative estimate of drug-likeness (QED) is 0.641. The van der Waals surface area contributed by atoms with Gasteiger partial charge in [-0.2, -0.15) is 0 Å². The molecule has 0 aliphatic carbocycles. The molecule has 0 bridgehead atoms. The van der Waals surface area contributed by atoms with Gasteiger partial charge in [-0.05, 0) is 26.0 Å². The molecule has 0 saturated carbocycles. The summed E-state index contributed by atoms with van der Waals surface area (Å²) in [6.45, 7) is 4.19. The summed E-state index contributed by atoms with van der Waals surface area (Å²) in [6.07, 6.45) is 0. The van der Waals surface area contributed by atoms with E-state index in [1.807, 2.05) is 31.2 Å². The number of nitrogens with one attached hydrogen (secondary N) is 1. The number of hydrogen-bond donors (Lipinski definition) is 1.